The molecule has 138 valence electrons. The third-order valence-electron chi connectivity index (χ3n) is 3.96. The molecule has 0 aliphatic rings. The molecule has 8 heteroatoms. The number of fused-ring (bicyclic) bond motifs is 1. The highest BCUT2D eigenvalue weighted by Gasteiger charge is 2.12. The maximum Gasteiger partial charge on any atom is 0.272 e. The Bertz CT molecular complexity index is 1030. The molecule has 2 aromatic carbocycles. The van der Waals surface area contributed by atoms with Gasteiger partial charge in [0, 0.05) is 11.1 Å². The SMILES string of the molecule is COc1cccc2cc(C(=O)Nc3ccc(/C(C)=N\N=C(N)N)cc3)[nH]c12. The Balaban J connectivity index is 1.76. The average molecular weight is 364 g/mol. The van der Waals surface area contributed by atoms with Crippen LogP contribution >= 0.6 is 0 Å². The van der Waals surface area contributed by atoms with Gasteiger partial charge in [-0.1, -0.05) is 24.3 Å². The van der Waals surface area contributed by atoms with E-state index >= 15 is 0 Å². The quantitative estimate of drug-likeness (QED) is 0.314. The van der Waals surface area contributed by atoms with Gasteiger partial charge in [0.1, 0.15) is 11.4 Å². The van der Waals surface area contributed by atoms with Gasteiger partial charge in [0.05, 0.1) is 18.3 Å². The lowest BCUT2D eigenvalue weighted by molar-refractivity contribution is 0.102. The predicted molar refractivity (Wildman–Crippen MR) is 107 cm³/mol. The number of carbonyl (C=O) groups is 1. The lowest BCUT2D eigenvalue weighted by Gasteiger charge is -2.05. The highest BCUT2D eigenvalue weighted by molar-refractivity contribution is 6.07. The Labute approximate surface area is 155 Å². The molecule has 3 rings (SSSR count). The molecule has 0 radical (unpaired) electrons. The number of para-hydroxylation sites is 1. The van der Waals surface area contributed by atoms with Crippen LogP contribution in [0.2, 0.25) is 0 Å². The van der Waals surface area contributed by atoms with Crippen LogP contribution < -0.4 is 21.5 Å². The number of nitrogens with zero attached hydrogens (tertiary/aromatic N) is 2. The van der Waals surface area contributed by atoms with E-state index in [1.54, 1.807) is 32.2 Å². The number of methoxy groups -OCH3 is 1. The second-order valence-corrected chi connectivity index (χ2v) is 5.85. The zero-order valence-electron chi connectivity index (χ0n) is 15.0. The molecule has 27 heavy (non-hydrogen) atoms. The van der Waals surface area contributed by atoms with Gasteiger partial charge in [0.2, 0.25) is 5.96 Å². The number of ether oxygens (including phenoxy) is 1. The zero-order valence-corrected chi connectivity index (χ0v) is 15.0. The van der Waals surface area contributed by atoms with Crippen molar-refractivity contribution >= 4 is 34.2 Å². The molecule has 8 nitrogen and oxygen atoms in total. The van der Waals surface area contributed by atoms with Gasteiger partial charge in [0.15, 0.2) is 0 Å². The van der Waals surface area contributed by atoms with Crippen molar-refractivity contribution in [3.05, 3.63) is 59.8 Å². The molecule has 0 aliphatic carbocycles. The van der Waals surface area contributed by atoms with E-state index in [4.69, 9.17) is 16.2 Å². The standard InChI is InChI=1S/C19H20N6O2/c1-11(24-25-19(20)21)12-6-8-14(9-7-12)22-18(26)15-10-13-4-3-5-16(27-2)17(13)23-15/h3-10,23H,1-2H3,(H,22,26)(H4,20,21,25)/b24-11-. The third kappa shape index (κ3) is 4.06. The Morgan fingerprint density at radius 1 is 1.11 bits per heavy atom. The van der Waals surface area contributed by atoms with Gasteiger partial charge in [-0.15, -0.1) is 5.10 Å². The smallest absolute Gasteiger partial charge is 0.272 e. The van der Waals surface area contributed by atoms with Crippen LogP contribution in [0.4, 0.5) is 5.69 Å². The van der Waals surface area contributed by atoms with E-state index in [0.29, 0.717) is 22.8 Å². The van der Waals surface area contributed by atoms with Crippen LogP contribution in [0.1, 0.15) is 23.0 Å². The zero-order chi connectivity index (χ0) is 19.4. The number of aromatic amines is 1. The minimum absolute atomic E-state index is 0.104. The molecule has 6 N–H and O–H groups in total. The number of nitrogens with two attached hydrogens (primary N) is 2. The van der Waals surface area contributed by atoms with Crippen molar-refractivity contribution in [2.24, 2.45) is 21.7 Å². The predicted octanol–water partition coefficient (Wildman–Crippen LogP) is 2.43. The summed E-state index contributed by atoms with van der Waals surface area (Å²) in [6, 6.07) is 14.6. The van der Waals surface area contributed by atoms with E-state index < -0.39 is 0 Å². The molecule has 0 saturated carbocycles. The van der Waals surface area contributed by atoms with Crippen LogP contribution in [-0.2, 0) is 0 Å². The maximum absolute atomic E-state index is 12.5. The molecule has 1 amide bonds. The average Bonchev–Trinajstić information content (AvgIpc) is 3.11. The Hall–Kier alpha value is -3.81. The monoisotopic (exact) mass is 364 g/mol. The molecule has 0 fully saturated rings. The normalized spacial score (nSPS) is 11.3. The van der Waals surface area contributed by atoms with E-state index in [2.05, 4.69) is 20.5 Å². The molecule has 0 unspecified atom stereocenters. The van der Waals surface area contributed by atoms with E-state index in [0.717, 1.165) is 16.5 Å². The number of H-pyrrole nitrogens is 1. The summed E-state index contributed by atoms with van der Waals surface area (Å²) in [7, 11) is 1.59. The fourth-order valence-corrected chi connectivity index (χ4v) is 2.60. The number of anilines is 1. The lowest BCUT2D eigenvalue weighted by Crippen LogP contribution is -2.22. The van der Waals surface area contributed by atoms with Crippen LogP contribution in [-0.4, -0.2) is 29.7 Å². The van der Waals surface area contributed by atoms with Crippen LogP contribution in [0.15, 0.2) is 58.7 Å². The summed E-state index contributed by atoms with van der Waals surface area (Å²) in [4.78, 5) is 15.6. The first kappa shape index (κ1) is 18.0. The van der Waals surface area contributed by atoms with Gasteiger partial charge in [-0.3, -0.25) is 4.79 Å². The Kier molecular flexibility index (Phi) is 5.07. The first-order valence-corrected chi connectivity index (χ1v) is 8.18. The van der Waals surface area contributed by atoms with Gasteiger partial charge in [0.25, 0.3) is 5.91 Å². The van der Waals surface area contributed by atoms with Crippen LogP contribution in [0.3, 0.4) is 0 Å². The summed E-state index contributed by atoms with van der Waals surface area (Å²) in [6.45, 7) is 1.79. The van der Waals surface area contributed by atoms with E-state index in [-0.39, 0.29) is 11.9 Å². The van der Waals surface area contributed by atoms with Crippen LogP contribution in [0.25, 0.3) is 10.9 Å². The van der Waals surface area contributed by atoms with Crippen molar-refractivity contribution in [3.63, 3.8) is 0 Å². The first-order chi connectivity index (χ1) is 13.0. The van der Waals surface area contributed by atoms with Gasteiger partial charge in [-0.05, 0) is 36.8 Å². The van der Waals surface area contributed by atoms with Crippen molar-refractivity contribution in [2.45, 2.75) is 6.92 Å². The number of carbonyl (C=O) groups excluding carboxylic acids is 1. The van der Waals surface area contributed by atoms with Gasteiger partial charge in [-0.2, -0.15) is 5.10 Å². The summed E-state index contributed by atoms with van der Waals surface area (Å²) < 4.78 is 5.31. The maximum atomic E-state index is 12.5. The molecule has 0 aliphatic heterocycles. The minimum Gasteiger partial charge on any atom is -0.495 e. The number of guanidine groups is 1. The van der Waals surface area contributed by atoms with Crippen molar-refractivity contribution in [1.29, 1.82) is 0 Å². The van der Waals surface area contributed by atoms with Gasteiger partial charge < -0.3 is 26.5 Å². The summed E-state index contributed by atoms with van der Waals surface area (Å²) >= 11 is 0. The second kappa shape index (κ2) is 7.61. The number of nitrogens with one attached hydrogen (secondary N) is 2. The van der Waals surface area contributed by atoms with E-state index in [1.165, 1.54) is 0 Å². The first-order valence-electron chi connectivity index (χ1n) is 8.18. The van der Waals surface area contributed by atoms with Crippen molar-refractivity contribution in [3.8, 4) is 5.75 Å². The van der Waals surface area contributed by atoms with Crippen molar-refractivity contribution in [1.82, 2.24) is 4.98 Å². The molecule has 0 saturated heterocycles. The highest BCUT2D eigenvalue weighted by Crippen LogP contribution is 2.25. The molecular weight excluding hydrogens is 344 g/mol. The fraction of sp³-hybridized carbons (Fsp3) is 0.105. The number of hydrogen-bond donors (Lipinski definition) is 4. The van der Waals surface area contributed by atoms with Crippen LogP contribution in [0, 0.1) is 0 Å². The lowest BCUT2D eigenvalue weighted by atomic mass is 10.1. The molecule has 0 atom stereocenters. The van der Waals surface area contributed by atoms with Gasteiger partial charge >= 0.3 is 0 Å². The molecule has 0 bridgehead atoms. The number of aromatic nitrogens is 1. The summed E-state index contributed by atoms with van der Waals surface area (Å²) in [5, 5.41) is 11.3. The van der Waals surface area contributed by atoms with Crippen molar-refractivity contribution < 1.29 is 9.53 Å². The number of rotatable bonds is 5. The van der Waals surface area contributed by atoms with Gasteiger partial charge in [-0.25, -0.2) is 0 Å². The number of benzene rings is 2. The topological polar surface area (TPSA) is 131 Å². The molecular formula is C19H20N6O2. The Morgan fingerprint density at radius 2 is 1.85 bits per heavy atom. The summed E-state index contributed by atoms with van der Waals surface area (Å²) in [5.41, 5.74) is 13.9. The second-order valence-electron chi connectivity index (χ2n) is 5.85. The summed E-state index contributed by atoms with van der Waals surface area (Å²) in [6.07, 6.45) is 0. The number of hydrogen-bond acceptors (Lipinski definition) is 4. The third-order valence-corrected chi connectivity index (χ3v) is 3.96. The van der Waals surface area contributed by atoms with Crippen molar-refractivity contribution in [2.75, 3.05) is 12.4 Å². The molecule has 1 aromatic heterocycles. The number of amides is 1. The molecule has 3 aromatic rings. The van der Waals surface area contributed by atoms with Crippen LogP contribution in [0.5, 0.6) is 5.75 Å². The molecule has 0 spiro atoms. The highest BCUT2D eigenvalue weighted by atomic mass is 16.5. The summed E-state index contributed by atoms with van der Waals surface area (Å²) in [5.74, 6) is 0.339. The Morgan fingerprint density at radius 3 is 2.52 bits per heavy atom. The fourth-order valence-electron chi connectivity index (χ4n) is 2.60. The van der Waals surface area contributed by atoms with E-state index in [1.807, 2.05) is 30.3 Å². The minimum atomic E-state index is -0.244. The largest absolute Gasteiger partial charge is 0.495 e. The van der Waals surface area contributed by atoms with E-state index in [9.17, 15) is 4.79 Å². The molecule has 1 heterocycles.